The van der Waals surface area contributed by atoms with Gasteiger partial charge >= 0.3 is 0 Å². The molecule has 0 aliphatic rings. The smallest absolute Gasteiger partial charge is 0.264 e. The van der Waals surface area contributed by atoms with Gasteiger partial charge in [0.2, 0.25) is 11.8 Å². The number of sulfonamides is 1. The van der Waals surface area contributed by atoms with Gasteiger partial charge in [-0.1, -0.05) is 72.8 Å². The van der Waals surface area contributed by atoms with Crippen molar-refractivity contribution in [2.24, 2.45) is 0 Å². The van der Waals surface area contributed by atoms with Crippen molar-refractivity contribution in [1.82, 2.24) is 10.2 Å². The molecule has 0 fully saturated rings. The van der Waals surface area contributed by atoms with Crippen molar-refractivity contribution < 1.29 is 22.7 Å². The van der Waals surface area contributed by atoms with Gasteiger partial charge in [0.05, 0.1) is 17.7 Å². The van der Waals surface area contributed by atoms with Crippen LogP contribution in [-0.2, 0) is 32.6 Å². The summed E-state index contributed by atoms with van der Waals surface area (Å²) in [5.41, 5.74) is 3.02. The maximum atomic E-state index is 14.3. The van der Waals surface area contributed by atoms with Gasteiger partial charge < -0.3 is 15.0 Å². The van der Waals surface area contributed by atoms with Crippen LogP contribution in [0, 0.1) is 6.92 Å². The number of para-hydroxylation sites is 1. The van der Waals surface area contributed by atoms with Crippen LogP contribution in [-0.4, -0.2) is 51.9 Å². The quantitative estimate of drug-likeness (QED) is 0.263. The van der Waals surface area contributed by atoms with Gasteiger partial charge in [-0.05, 0) is 60.0 Å². The number of likely N-dealkylation sites (N-methyl/N-ethyl adjacent to an activating group) is 1. The summed E-state index contributed by atoms with van der Waals surface area (Å²) >= 11 is 0. The second-order valence-corrected chi connectivity index (χ2v) is 11.7. The minimum absolute atomic E-state index is 0.0116. The number of hydrogen-bond acceptors (Lipinski definition) is 5. The van der Waals surface area contributed by atoms with E-state index in [9.17, 15) is 18.0 Å². The molecule has 4 aromatic carbocycles. The van der Waals surface area contributed by atoms with Crippen LogP contribution < -0.4 is 14.4 Å². The van der Waals surface area contributed by atoms with E-state index in [1.54, 1.807) is 42.5 Å². The van der Waals surface area contributed by atoms with Crippen LogP contribution in [0.3, 0.4) is 0 Å². The molecule has 0 spiro atoms. The third-order valence-corrected chi connectivity index (χ3v) is 8.88. The average molecular weight is 586 g/mol. The fourth-order valence-electron chi connectivity index (χ4n) is 4.69. The fraction of sp³-hybridized carbons (Fsp3) is 0.212. The zero-order chi connectivity index (χ0) is 30.1. The Labute approximate surface area is 247 Å². The third kappa shape index (κ3) is 7.16. The highest BCUT2D eigenvalue weighted by Gasteiger charge is 2.34. The Kier molecular flexibility index (Phi) is 9.98. The van der Waals surface area contributed by atoms with Crippen molar-refractivity contribution in [3.8, 4) is 5.75 Å². The molecule has 0 aliphatic carbocycles. The molecule has 8 nitrogen and oxygen atoms in total. The zero-order valence-electron chi connectivity index (χ0n) is 23.9. The first kappa shape index (κ1) is 30.3. The summed E-state index contributed by atoms with van der Waals surface area (Å²) < 4.78 is 34.3. The number of anilines is 1. The SMILES string of the molecule is CNC(=O)C(Cc1ccccc1)N(Cc1ccccc1C)C(=O)CN(c1ccccc1)S(=O)(=O)c1ccc(OC)cc1. The summed E-state index contributed by atoms with van der Waals surface area (Å²) in [6.07, 6.45) is 0.259. The van der Waals surface area contributed by atoms with E-state index >= 15 is 0 Å². The van der Waals surface area contributed by atoms with E-state index in [1.165, 1.54) is 31.2 Å². The summed E-state index contributed by atoms with van der Waals surface area (Å²) in [5.74, 6) is -0.344. The zero-order valence-corrected chi connectivity index (χ0v) is 24.8. The molecule has 0 aromatic heterocycles. The van der Waals surface area contributed by atoms with E-state index < -0.39 is 28.5 Å². The predicted molar refractivity (Wildman–Crippen MR) is 164 cm³/mol. The van der Waals surface area contributed by atoms with Crippen LogP contribution >= 0.6 is 0 Å². The van der Waals surface area contributed by atoms with E-state index in [4.69, 9.17) is 4.74 Å². The summed E-state index contributed by atoms with van der Waals surface area (Å²) in [6.45, 7) is 1.56. The van der Waals surface area contributed by atoms with E-state index in [-0.39, 0.29) is 23.8 Å². The number of carbonyl (C=O) groups is 2. The first-order valence-electron chi connectivity index (χ1n) is 13.6. The van der Waals surface area contributed by atoms with E-state index in [0.29, 0.717) is 11.4 Å². The molecular weight excluding hydrogens is 550 g/mol. The van der Waals surface area contributed by atoms with Crippen molar-refractivity contribution in [2.75, 3.05) is 25.0 Å². The monoisotopic (exact) mass is 585 g/mol. The molecule has 42 heavy (non-hydrogen) atoms. The topological polar surface area (TPSA) is 96.0 Å². The number of amides is 2. The minimum atomic E-state index is -4.17. The molecule has 0 saturated heterocycles. The van der Waals surface area contributed by atoms with Crippen LogP contribution in [0.1, 0.15) is 16.7 Å². The lowest BCUT2D eigenvalue weighted by Gasteiger charge is -2.34. The standard InChI is InChI=1S/C33H35N3O5S/c1-25-12-10-11-15-27(25)23-35(31(33(38)34-2)22-26-13-6-4-7-14-26)32(37)24-36(28-16-8-5-9-17-28)42(39,40)30-20-18-29(41-3)19-21-30/h4-21,31H,22-24H2,1-3H3,(H,34,38). The van der Waals surface area contributed by atoms with Crippen LogP contribution in [0.4, 0.5) is 5.69 Å². The summed E-state index contributed by atoms with van der Waals surface area (Å²) in [6, 6.07) is 30.7. The number of methoxy groups -OCH3 is 1. The second kappa shape index (κ2) is 13.8. The molecule has 0 radical (unpaired) electrons. The van der Waals surface area contributed by atoms with Gasteiger partial charge in [-0.25, -0.2) is 8.42 Å². The highest BCUT2D eigenvalue weighted by Crippen LogP contribution is 2.26. The van der Waals surface area contributed by atoms with Gasteiger partial charge in [-0.15, -0.1) is 0 Å². The van der Waals surface area contributed by atoms with Gasteiger partial charge in [0, 0.05) is 20.0 Å². The second-order valence-electron chi connectivity index (χ2n) is 9.79. The summed E-state index contributed by atoms with van der Waals surface area (Å²) in [5, 5.41) is 2.70. The van der Waals surface area contributed by atoms with Crippen molar-refractivity contribution in [1.29, 1.82) is 0 Å². The fourth-order valence-corrected chi connectivity index (χ4v) is 6.10. The molecule has 0 saturated carbocycles. The third-order valence-electron chi connectivity index (χ3n) is 7.09. The van der Waals surface area contributed by atoms with Crippen LogP contribution in [0.2, 0.25) is 0 Å². The molecule has 218 valence electrons. The molecule has 4 aromatic rings. The molecule has 1 unspecified atom stereocenters. The molecular formula is C33H35N3O5S. The van der Waals surface area contributed by atoms with Gasteiger partial charge in [0.15, 0.2) is 0 Å². The molecule has 0 aliphatic heterocycles. The van der Waals surface area contributed by atoms with Crippen molar-refractivity contribution in [2.45, 2.75) is 30.8 Å². The minimum Gasteiger partial charge on any atom is -0.497 e. The van der Waals surface area contributed by atoms with Crippen LogP contribution in [0.15, 0.2) is 114 Å². The molecule has 4 rings (SSSR count). The first-order chi connectivity index (χ1) is 20.2. The van der Waals surface area contributed by atoms with Gasteiger partial charge in [-0.2, -0.15) is 0 Å². The largest absolute Gasteiger partial charge is 0.497 e. The predicted octanol–water partition coefficient (Wildman–Crippen LogP) is 4.59. The maximum Gasteiger partial charge on any atom is 0.264 e. The van der Waals surface area contributed by atoms with Crippen molar-refractivity contribution in [3.05, 3.63) is 126 Å². The Hall–Kier alpha value is -4.63. The Bertz CT molecular complexity index is 1590. The lowest BCUT2D eigenvalue weighted by Crippen LogP contribution is -2.53. The molecule has 1 atom stereocenters. The van der Waals surface area contributed by atoms with Gasteiger partial charge in [0.1, 0.15) is 18.3 Å². The summed E-state index contributed by atoms with van der Waals surface area (Å²) in [7, 11) is -1.14. The Morgan fingerprint density at radius 1 is 0.833 bits per heavy atom. The Balaban J connectivity index is 1.77. The molecule has 0 bridgehead atoms. The van der Waals surface area contributed by atoms with Gasteiger partial charge in [0.25, 0.3) is 10.0 Å². The number of aryl methyl sites for hydroxylation is 1. The number of rotatable bonds is 12. The number of carbonyl (C=O) groups excluding carboxylic acids is 2. The summed E-state index contributed by atoms with van der Waals surface area (Å²) in [4.78, 5) is 29.1. The number of nitrogens with one attached hydrogen (secondary N) is 1. The number of hydrogen-bond donors (Lipinski definition) is 1. The van der Waals surface area contributed by atoms with E-state index in [1.807, 2.05) is 61.5 Å². The molecule has 0 heterocycles. The number of nitrogens with zero attached hydrogens (tertiary/aromatic N) is 2. The lowest BCUT2D eigenvalue weighted by molar-refractivity contribution is -0.139. The molecule has 2 amide bonds. The first-order valence-corrected chi connectivity index (χ1v) is 15.0. The van der Waals surface area contributed by atoms with E-state index in [2.05, 4.69) is 5.32 Å². The van der Waals surface area contributed by atoms with E-state index in [0.717, 1.165) is 21.0 Å². The van der Waals surface area contributed by atoms with Crippen molar-refractivity contribution >= 4 is 27.5 Å². The Morgan fingerprint density at radius 3 is 2.02 bits per heavy atom. The highest BCUT2D eigenvalue weighted by atomic mass is 32.2. The molecule has 1 N–H and O–H groups in total. The number of ether oxygens (including phenoxy) is 1. The molecule has 9 heteroatoms. The average Bonchev–Trinajstić information content (AvgIpc) is 3.02. The Morgan fingerprint density at radius 2 is 1.43 bits per heavy atom. The lowest BCUT2D eigenvalue weighted by atomic mass is 10.0. The maximum absolute atomic E-state index is 14.3. The van der Waals surface area contributed by atoms with Crippen LogP contribution in [0.5, 0.6) is 5.75 Å². The normalized spacial score (nSPS) is 11.8. The van der Waals surface area contributed by atoms with Gasteiger partial charge in [-0.3, -0.25) is 13.9 Å². The number of benzene rings is 4. The van der Waals surface area contributed by atoms with Crippen molar-refractivity contribution in [3.63, 3.8) is 0 Å². The highest BCUT2D eigenvalue weighted by molar-refractivity contribution is 7.92. The van der Waals surface area contributed by atoms with Crippen LogP contribution in [0.25, 0.3) is 0 Å².